The molecule has 14 heteroatoms. The number of rotatable bonds is 13. The zero-order valence-corrected chi connectivity index (χ0v) is 72.3. The van der Waals surface area contributed by atoms with Gasteiger partial charge in [-0.15, -0.1) is 0 Å². The van der Waals surface area contributed by atoms with E-state index < -0.39 is 31.7 Å². The van der Waals surface area contributed by atoms with Crippen LogP contribution in [-0.2, 0) is 36.8 Å². The van der Waals surface area contributed by atoms with Crippen molar-refractivity contribution >= 4 is 157 Å². The van der Waals surface area contributed by atoms with E-state index in [-0.39, 0.29) is 20.4 Å². The zero-order valence-electron chi connectivity index (χ0n) is 57.8. The number of hydrogen-bond donors (Lipinski definition) is 0. The van der Waals surface area contributed by atoms with Gasteiger partial charge in [0.25, 0.3) is 0 Å². The summed E-state index contributed by atoms with van der Waals surface area (Å²) in [5.74, 6) is 0. The topological polar surface area (TPSA) is 51.6 Å². The van der Waals surface area contributed by atoms with Gasteiger partial charge in [-0.3, -0.25) is 9.97 Å². The van der Waals surface area contributed by atoms with E-state index in [1.807, 2.05) is 54.6 Å². The molecule has 0 bridgehead atoms. The maximum Gasteiger partial charge on any atom is -0.0134 e. The molecule has 16 rings (SSSR count). The van der Waals surface area contributed by atoms with Crippen LogP contribution in [0.1, 0.15) is 0 Å². The van der Waals surface area contributed by atoms with Crippen molar-refractivity contribution in [3.63, 3.8) is 0 Å². The fourth-order valence-electron chi connectivity index (χ4n) is 10.4. The first kappa shape index (κ1) is 83.8. The molecule has 0 amide bonds. The Labute approximate surface area is 686 Å². The Bertz CT molecular complexity index is 3950. The van der Waals surface area contributed by atoms with E-state index in [1.165, 1.54) is 80.0 Å². The second kappa shape index (κ2) is 49.9. The summed E-state index contributed by atoms with van der Waals surface area (Å²) in [6.45, 7) is 0. The van der Waals surface area contributed by atoms with Gasteiger partial charge in [0, 0.05) is 48.0 Å². The number of nitrogens with zero attached hydrogens (tertiary/aromatic N) is 4. The van der Waals surface area contributed by atoms with Crippen molar-refractivity contribution in [3.05, 3.63) is 469 Å². The van der Waals surface area contributed by atoms with E-state index in [4.69, 9.17) is 0 Å². The van der Waals surface area contributed by atoms with Crippen molar-refractivity contribution in [2.24, 2.45) is 0 Å². The van der Waals surface area contributed by atoms with Crippen LogP contribution in [0, 0.1) is 6.20 Å². The van der Waals surface area contributed by atoms with Gasteiger partial charge in [-0.1, -0.05) is 382 Å². The van der Waals surface area contributed by atoms with Crippen molar-refractivity contribution in [2.45, 2.75) is 0 Å². The molecule has 16 aromatic rings. The summed E-state index contributed by atoms with van der Waals surface area (Å²) in [5.41, 5.74) is 1.79. The van der Waals surface area contributed by atoms with Gasteiger partial charge in [-0.2, -0.15) is 18.2 Å². The van der Waals surface area contributed by atoms with Gasteiger partial charge in [0.1, 0.15) is 4.60 Å². The summed E-state index contributed by atoms with van der Waals surface area (Å²) in [6.07, 6.45) is 9.61. The monoisotopic (exact) mass is 1840 g/mol. The summed E-state index contributed by atoms with van der Waals surface area (Å²) in [5, 5.41) is 16.8. The molecule has 522 valence electrons. The third-order valence-electron chi connectivity index (χ3n) is 15.0. The Hall–Kier alpha value is -7.83. The molecule has 0 unspecified atom stereocenters. The predicted octanol–water partition coefficient (Wildman–Crippen LogP) is 21.0. The Morgan fingerprint density at radius 2 is 0.434 bits per heavy atom. The first-order valence-electron chi connectivity index (χ1n) is 33.6. The van der Waals surface area contributed by atoms with Crippen molar-refractivity contribution in [1.29, 1.82) is 0 Å². The number of halogens is 4. The Morgan fingerprint density at radius 1 is 0.217 bits per heavy atom. The van der Waals surface area contributed by atoms with Crippen LogP contribution in [0.5, 0.6) is 0 Å². The number of aromatic nitrogens is 4. The molecule has 4 nitrogen and oxygen atoms in total. The van der Waals surface area contributed by atoms with Gasteiger partial charge in [0.15, 0.2) is 0 Å². The fraction of sp³-hybridized carbons (Fsp3) is 0. The molecule has 0 N–H and O–H groups in total. The van der Waals surface area contributed by atoms with E-state index in [2.05, 4.69) is 452 Å². The van der Waals surface area contributed by atoms with Crippen LogP contribution in [0.3, 0.4) is 0 Å². The third-order valence-corrected chi connectivity index (χ3v) is 26.2. The number of hydrogen-bond acceptors (Lipinski definition) is 4. The minimum absolute atomic E-state index is 0. The van der Waals surface area contributed by atoms with Crippen LogP contribution in [0.25, 0.3) is 11.4 Å². The quantitative estimate of drug-likeness (QED) is 0.0500. The fourth-order valence-corrected chi connectivity index (χ4v) is 20.3. The van der Waals surface area contributed by atoms with Gasteiger partial charge >= 0.3 is 30.0 Å². The smallest absolute Gasteiger partial charge is 0.0134 e. The van der Waals surface area contributed by atoms with Gasteiger partial charge < -0.3 is 4.98 Å². The summed E-state index contributed by atoms with van der Waals surface area (Å²) >= 11 is 14.1. The Balaban J connectivity index is 0.000000159. The average Bonchev–Trinajstić information content (AvgIpc) is 0.841. The van der Waals surface area contributed by atoms with Crippen molar-refractivity contribution in [3.8, 4) is 11.4 Å². The van der Waals surface area contributed by atoms with Gasteiger partial charge in [0.2, 0.25) is 0 Å². The molecule has 0 radical (unpaired) electrons. The molecule has 0 aliphatic heterocycles. The molecule has 0 aliphatic rings. The maximum absolute atomic E-state index is 4.24. The van der Waals surface area contributed by atoms with E-state index >= 15 is 0 Å². The molecule has 0 aliphatic carbocycles. The molecule has 0 saturated heterocycles. The number of benzene rings is 12. The predicted molar refractivity (Wildman–Crippen MR) is 467 cm³/mol. The van der Waals surface area contributed by atoms with E-state index in [0.29, 0.717) is 0 Å². The molecule has 106 heavy (non-hydrogen) atoms. The van der Waals surface area contributed by atoms with Crippen molar-refractivity contribution in [1.82, 2.24) is 19.9 Å². The van der Waals surface area contributed by atoms with Crippen LogP contribution < -0.4 is 63.7 Å². The first-order valence-corrected chi connectivity index (χ1v) is 48.3. The standard InChI is InChI=1S/4C18H15P.C10H7BrN2.C5H3Br2N.C5H4N.BrH.Pd.Zn/c4*1-4-10-16(11-5-1)19(17-12-6-2-7-13-17)18-14-8-3-9-15-18;11-8-4-5-10(13-7-8)9-3-1-2-6-12-9;6-4-1-2-5(7)8-3-4;1-2-4-6-5-3-1;;;/h4*1-15H;1-7H;1-3H;1-4H;1H;;/q;;;;;;-1;;;+2/p-1. The van der Waals surface area contributed by atoms with Crippen LogP contribution in [0.2, 0.25) is 0 Å². The number of pyridine rings is 4. The second-order valence-electron chi connectivity index (χ2n) is 22.2. The van der Waals surface area contributed by atoms with E-state index in [9.17, 15) is 0 Å². The SMILES string of the molecule is Brc1ccc(-c2ccccn2)nc1.Brc1ccc(Br)nc1.[Pd].[Zn+][Br].[c-]1ccccn1.c1ccc(P(c2ccccc2)c2ccccc2)cc1.c1ccc(P(c2ccccc2)c2ccccc2)cc1.c1ccc(P(c2ccccc2)c2ccccc2)cc1.c1ccc(P(c2ccccc2)c2ccccc2)cc1. The second-order valence-corrected chi connectivity index (χ2v) is 33.7. The zero-order chi connectivity index (χ0) is 73.0. The molecule has 0 spiro atoms. The summed E-state index contributed by atoms with van der Waals surface area (Å²) < 4.78 is 2.84. The summed E-state index contributed by atoms with van der Waals surface area (Å²) in [6, 6.07) is 148. The molecule has 4 aromatic heterocycles. The molecular formula is C92H74Br4N4P4PdZn. The third kappa shape index (κ3) is 28.7. The minimum atomic E-state index is -0.446. The van der Waals surface area contributed by atoms with Crippen molar-refractivity contribution < 1.29 is 36.8 Å². The van der Waals surface area contributed by atoms with Gasteiger partial charge in [-0.25, -0.2) is 4.98 Å². The first-order chi connectivity index (χ1) is 51.9. The molecule has 0 saturated carbocycles. The van der Waals surface area contributed by atoms with Crippen LogP contribution >= 0.6 is 93.1 Å². The summed E-state index contributed by atoms with van der Waals surface area (Å²) in [4.78, 5) is 16.0. The molecule has 4 heterocycles. The molecule has 0 atom stereocenters. The molecular weight excluding hydrogens is 1780 g/mol. The summed E-state index contributed by atoms with van der Waals surface area (Å²) in [7, 11) is -1.78. The minimum Gasteiger partial charge on any atom is -0.394 e. The molecule has 12 aromatic carbocycles. The maximum atomic E-state index is 4.24. The largest absolute Gasteiger partial charge is 0.394 e. The average molecular weight is 1850 g/mol. The Morgan fingerprint density at radius 3 is 0.585 bits per heavy atom. The normalized spacial score (nSPS) is 10.0. The van der Waals surface area contributed by atoms with Crippen LogP contribution in [0.15, 0.2) is 463 Å². The van der Waals surface area contributed by atoms with E-state index in [1.54, 1.807) is 30.9 Å². The van der Waals surface area contributed by atoms with E-state index in [0.717, 1.165) is 24.9 Å². The van der Waals surface area contributed by atoms with Crippen LogP contribution in [-0.4, -0.2) is 19.9 Å². The van der Waals surface area contributed by atoms with Gasteiger partial charge in [-0.05, 0) is 180 Å². The van der Waals surface area contributed by atoms with Crippen LogP contribution in [0.4, 0.5) is 0 Å². The Kier molecular flexibility index (Phi) is 39.5. The van der Waals surface area contributed by atoms with Crippen molar-refractivity contribution in [2.75, 3.05) is 0 Å². The van der Waals surface area contributed by atoms with Gasteiger partial charge in [0.05, 0.1) is 11.4 Å². The molecule has 0 fully saturated rings.